The number of aromatic nitrogens is 2. The summed E-state index contributed by atoms with van der Waals surface area (Å²) < 4.78 is 42.9. The van der Waals surface area contributed by atoms with Crippen LogP contribution in [0.15, 0.2) is 84.1 Å². The Balaban J connectivity index is 1.28. The van der Waals surface area contributed by atoms with E-state index in [2.05, 4.69) is 19.8 Å². The van der Waals surface area contributed by atoms with Crippen molar-refractivity contribution in [3.8, 4) is 0 Å². The molecule has 0 aliphatic carbocycles. The van der Waals surface area contributed by atoms with E-state index in [1.807, 2.05) is 24.3 Å². The molecule has 0 saturated carbocycles. The zero-order chi connectivity index (χ0) is 27.4. The minimum absolute atomic E-state index is 0.106. The molecule has 1 aliphatic heterocycles. The first kappa shape index (κ1) is 27.5. The number of nitrogens with one attached hydrogen (secondary N) is 1. The maximum Gasteiger partial charge on any atom is 0.243 e. The number of piperazine rings is 1. The van der Waals surface area contributed by atoms with Gasteiger partial charge >= 0.3 is 0 Å². The molecule has 0 atom stereocenters. The third kappa shape index (κ3) is 6.38. The van der Waals surface area contributed by atoms with Crippen LogP contribution in [0.2, 0.25) is 10.0 Å². The largest absolute Gasteiger partial charge is 0.368 e. The molecule has 39 heavy (non-hydrogen) atoms. The quantitative estimate of drug-likeness (QED) is 0.275. The van der Waals surface area contributed by atoms with Crippen molar-refractivity contribution in [1.29, 1.82) is 0 Å². The number of hydrogen-bond acceptors (Lipinski definition) is 5. The van der Waals surface area contributed by atoms with E-state index < -0.39 is 10.0 Å². The number of nitrogens with zero attached hydrogens (tertiary/aromatic N) is 4. The number of imidazole rings is 1. The van der Waals surface area contributed by atoms with E-state index in [4.69, 9.17) is 23.2 Å². The Hall–Kier alpha value is -3.11. The average Bonchev–Trinajstić information content (AvgIpc) is 3.47. The molecule has 3 aromatic carbocycles. The van der Waals surface area contributed by atoms with E-state index >= 15 is 0 Å². The Kier molecular flexibility index (Phi) is 8.42. The van der Waals surface area contributed by atoms with E-state index in [0.29, 0.717) is 21.3 Å². The lowest BCUT2D eigenvalue weighted by Crippen LogP contribution is -2.46. The van der Waals surface area contributed by atoms with Crippen molar-refractivity contribution in [1.82, 2.24) is 14.3 Å². The van der Waals surface area contributed by atoms with E-state index in [1.165, 1.54) is 16.7 Å². The molecule has 204 valence electrons. The van der Waals surface area contributed by atoms with E-state index in [1.54, 1.807) is 42.6 Å². The SMILES string of the molecule is O=S(=O)(c1ccc(N2CCN(c3ccc(Cl)c(Cl)c3)CC2)cc1)N(CCc1ccccc1F)Cc1cnc[nH]1. The maximum absolute atomic E-state index is 14.2. The van der Waals surface area contributed by atoms with Crippen molar-refractivity contribution in [3.63, 3.8) is 0 Å². The Morgan fingerprint density at radius 3 is 2.21 bits per heavy atom. The number of sulfonamides is 1. The number of hydrogen-bond donors (Lipinski definition) is 1. The second-order valence-electron chi connectivity index (χ2n) is 9.32. The van der Waals surface area contributed by atoms with Crippen molar-refractivity contribution >= 4 is 44.6 Å². The number of anilines is 2. The van der Waals surface area contributed by atoms with Crippen molar-refractivity contribution in [2.75, 3.05) is 42.5 Å². The number of halogens is 3. The van der Waals surface area contributed by atoms with Crippen LogP contribution in [0.25, 0.3) is 0 Å². The van der Waals surface area contributed by atoms with Crippen LogP contribution in [-0.2, 0) is 23.0 Å². The lowest BCUT2D eigenvalue weighted by atomic mass is 10.1. The Morgan fingerprint density at radius 1 is 0.897 bits per heavy atom. The molecule has 1 saturated heterocycles. The molecule has 5 rings (SSSR count). The molecule has 1 N–H and O–H groups in total. The first-order chi connectivity index (χ1) is 18.8. The Bertz CT molecular complexity index is 1510. The molecule has 1 aromatic heterocycles. The monoisotopic (exact) mass is 587 g/mol. The molecule has 0 spiro atoms. The van der Waals surface area contributed by atoms with Crippen molar-refractivity contribution in [2.45, 2.75) is 17.9 Å². The first-order valence-corrected chi connectivity index (χ1v) is 14.8. The number of H-pyrrole nitrogens is 1. The van der Waals surface area contributed by atoms with Crippen molar-refractivity contribution < 1.29 is 12.8 Å². The van der Waals surface area contributed by atoms with Crippen LogP contribution >= 0.6 is 23.2 Å². The van der Waals surface area contributed by atoms with E-state index in [-0.39, 0.29) is 30.2 Å². The van der Waals surface area contributed by atoms with Crippen LogP contribution in [0, 0.1) is 5.82 Å². The summed E-state index contributed by atoms with van der Waals surface area (Å²) in [7, 11) is -3.85. The molecule has 11 heteroatoms. The van der Waals surface area contributed by atoms with Crippen LogP contribution in [0.1, 0.15) is 11.3 Å². The van der Waals surface area contributed by atoms with Gasteiger partial charge in [0.2, 0.25) is 10.0 Å². The molecular weight excluding hydrogens is 560 g/mol. The molecule has 0 bridgehead atoms. The maximum atomic E-state index is 14.2. The predicted molar refractivity (Wildman–Crippen MR) is 154 cm³/mol. The van der Waals surface area contributed by atoms with Gasteiger partial charge in [-0.25, -0.2) is 17.8 Å². The molecule has 0 amide bonds. The average molecular weight is 589 g/mol. The summed E-state index contributed by atoms with van der Waals surface area (Å²) >= 11 is 12.2. The van der Waals surface area contributed by atoms with Crippen LogP contribution in [0.3, 0.4) is 0 Å². The standard InChI is InChI=1S/C28H28Cl2FN5O2S/c29-26-10-7-24(17-27(26)30)35-15-13-34(14-16-35)23-5-8-25(9-6-23)39(37,38)36(19-22-18-32-20-33-22)12-11-21-3-1-2-4-28(21)31/h1-10,17-18,20H,11-16,19H2,(H,32,33). The molecule has 2 heterocycles. The summed E-state index contributed by atoms with van der Waals surface area (Å²) in [5, 5.41) is 1.06. The van der Waals surface area contributed by atoms with Gasteiger partial charge in [-0.15, -0.1) is 0 Å². The highest BCUT2D eigenvalue weighted by atomic mass is 35.5. The lowest BCUT2D eigenvalue weighted by Gasteiger charge is -2.37. The van der Waals surface area contributed by atoms with Gasteiger partial charge in [0.05, 0.1) is 27.8 Å². The highest BCUT2D eigenvalue weighted by molar-refractivity contribution is 7.89. The normalized spacial score (nSPS) is 14.3. The van der Waals surface area contributed by atoms with Gasteiger partial charge in [0.1, 0.15) is 5.82 Å². The fraction of sp³-hybridized carbons (Fsp3) is 0.250. The molecule has 7 nitrogen and oxygen atoms in total. The van der Waals surface area contributed by atoms with Crippen LogP contribution in [0.4, 0.5) is 15.8 Å². The number of rotatable bonds is 9. The fourth-order valence-corrected chi connectivity index (χ4v) is 6.39. The lowest BCUT2D eigenvalue weighted by molar-refractivity contribution is 0.403. The fourth-order valence-electron chi connectivity index (χ4n) is 4.67. The summed E-state index contributed by atoms with van der Waals surface area (Å²) in [6.45, 7) is 3.38. The molecular formula is C28H28Cl2FN5O2S. The number of benzene rings is 3. The number of aromatic amines is 1. The van der Waals surface area contributed by atoms with Gasteiger partial charge in [-0.2, -0.15) is 4.31 Å². The van der Waals surface area contributed by atoms with Crippen molar-refractivity contribution in [3.05, 3.63) is 106 Å². The minimum Gasteiger partial charge on any atom is -0.368 e. The van der Waals surface area contributed by atoms with E-state index in [9.17, 15) is 12.8 Å². The van der Waals surface area contributed by atoms with Gasteiger partial charge in [-0.3, -0.25) is 0 Å². The van der Waals surface area contributed by atoms with Gasteiger partial charge in [0.15, 0.2) is 0 Å². The van der Waals surface area contributed by atoms with Gasteiger partial charge in [-0.05, 0) is 60.5 Å². The third-order valence-corrected chi connectivity index (χ3v) is 9.48. The Labute approximate surface area is 237 Å². The topological polar surface area (TPSA) is 72.5 Å². The van der Waals surface area contributed by atoms with Crippen LogP contribution in [-0.4, -0.2) is 55.4 Å². The molecule has 0 unspecified atom stereocenters. The predicted octanol–water partition coefficient (Wildman–Crippen LogP) is 5.62. The highest BCUT2D eigenvalue weighted by Crippen LogP contribution is 2.29. The van der Waals surface area contributed by atoms with Gasteiger partial charge in [-0.1, -0.05) is 41.4 Å². The van der Waals surface area contributed by atoms with Gasteiger partial charge in [0.25, 0.3) is 0 Å². The smallest absolute Gasteiger partial charge is 0.243 e. The summed E-state index contributed by atoms with van der Waals surface area (Å²) in [6, 6.07) is 19.0. The summed E-state index contributed by atoms with van der Waals surface area (Å²) in [5.41, 5.74) is 3.11. The summed E-state index contributed by atoms with van der Waals surface area (Å²) in [6.07, 6.45) is 3.35. The van der Waals surface area contributed by atoms with Crippen molar-refractivity contribution in [2.24, 2.45) is 0 Å². The zero-order valence-corrected chi connectivity index (χ0v) is 23.4. The van der Waals surface area contributed by atoms with Gasteiger partial charge in [0, 0.05) is 56.0 Å². The second-order valence-corrected chi connectivity index (χ2v) is 12.1. The minimum atomic E-state index is -3.85. The second kappa shape index (κ2) is 12.0. The zero-order valence-electron chi connectivity index (χ0n) is 21.1. The third-order valence-electron chi connectivity index (χ3n) is 6.88. The molecule has 4 aromatic rings. The highest BCUT2D eigenvalue weighted by Gasteiger charge is 2.26. The van der Waals surface area contributed by atoms with Crippen LogP contribution in [0.5, 0.6) is 0 Å². The van der Waals surface area contributed by atoms with Gasteiger partial charge < -0.3 is 14.8 Å². The molecule has 1 aliphatic rings. The molecule has 1 fully saturated rings. The first-order valence-electron chi connectivity index (χ1n) is 12.6. The molecule has 0 radical (unpaired) electrons. The summed E-state index contributed by atoms with van der Waals surface area (Å²) in [5.74, 6) is -0.347. The summed E-state index contributed by atoms with van der Waals surface area (Å²) in [4.78, 5) is 11.6. The van der Waals surface area contributed by atoms with Crippen LogP contribution < -0.4 is 9.80 Å². The van der Waals surface area contributed by atoms with E-state index in [0.717, 1.165) is 37.6 Å². The Morgan fingerprint density at radius 2 is 1.56 bits per heavy atom.